The first-order chi connectivity index (χ1) is 7.31. The van der Waals surface area contributed by atoms with Crippen molar-refractivity contribution in [2.45, 2.75) is 32.2 Å². The van der Waals surface area contributed by atoms with Crippen molar-refractivity contribution < 1.29 is 0 Å². The van der Waals surface area contributed by atoms with Gasteiger partial charge >= 0.3 is 0 Å². The zero-order valence-corrected chi connectivity index (χ0v) is 10.6. The molecule has 1 aliphatic rings. The first-order valence-corrected chi connectivity index (χ1v) is 6.54. The van der Waals surface area contributed by atoms with Gasteiger partial charge in [0.2, 0.25) is 5.95 Å². The zero-order valence-electron chi connectivity index (χ0n) is 8.99. The first kappa shape index (κ1) is 10.9. The Morgan fingerprint density at radius 1 is 1.40 bits per heavy atom. The van der Waals surface area contributed by atoms with E-state index in [2.05, 4.69) is 30.8 Å². The second-order valence-electron chi connectivity index (χ2n) is 4.03. The number of rotatable bonds is 4. The fourth-order valence-electron chi connectivity index (χ4n) is 1.77. The van der Waals surface area contributed by atoms with E-state index >= 15 is 0 Å². The van der Waals surface area contributed by atoms with Gasteiger partial charge in [0.05, 0.1) is 0 Å². The Labute approximate surface area is 99.0 Å². The Hall–Kier alpha value is -0.640. The molecule has 0 spiro atoms. The minimum Gasteiger partial charge on any atom is -0.337 e. The molecule has 1 aromatic heterocycles. The third-order valence-electron chi connectivity index (χ3n) is 2.87. The standard InChI is InChI=1S/C11H16BrN3/c1-9-7-13-11(14-8-9)15(6-5-12)10-3-2-4-10/h7-8,10H,2-6H2,1H3. The number of hydrogen-bond acceptors (Lipinski definition) is 3. The van der Waals surface area contributed by atoms with Crippen LogP contribution in [0, 0.1) is 6.92 Å². The molecular formula is C11H16BrN3. The Morgan fingerprint density at radius 3 is 2.53 bits per heavy atom. The van der Waals surface area contributed by atoms with E-state index in [0.717, 1.165) is 23.4 Å². The Morgan fingerprint density at radius 2 is 2.07 bits per heavy atom. The Bertz CT molecular complexity index is 308. The summed E-state index contributed by atoms with van der Waals surface area (Å²) < 4.78 is 0. The molecule has 0 aliphatic heterocycles. The van der Waals surface area contributed by atoms with E-state index in [1.807, 2.05) is 19.3 Å². The van der Waals surface area contributed by atoms with Gasteiger partial charge in [-0.25, -0.2) is 9.97 Å². The fraction of sp³-hybridized carbons (Fsp3) is 0.636. The smallest absolute Gasteiger partial charge is 0.225 e. The van der Waals surface area contributed by atoms with Crippen LogP contribution >= 0.6 is 15.9 Å². The molecule has 0 unspecified atom stereocenters. The third-order valence-corrected chi connectivity index (χ3v) is 3.22. The summed E-state index contributed by atoms with van der Waals surface area (Å²) in [6.07, 6.45) is 7.69. The van der Waals surface area contributed by atoms with Crippen LogP contribution in [0.5, 0.6) is 0 Å². The summed E-state index contributed by atoms with van der Waals surface area (Å²) in [5.74, 6) is 0.879. The summed E-state index contributed by atoms with van der Waals surface area (Å²) >= 11 is 3.49. The minimum atomic E-state index is 0.658. The molecule has 1 heterocycles. The van der Waals surface area contributed by atoms with E-state index in [9.17, 15) is 0 Å². The number of nitrogens with zero attached hydrogens (tertiary/aromatic N) is 3. The highest BCUT2D eigenvalue weighted by Crippen LogP contribution is 2.27. The van der Waals surface area contributed by atoms with E-state index in [1.165, 1.54) is 19.3 Å². The van der Waals surface area contributed by atoms with Crippen LogP contribution in [0.1, 0.15) is 24.8 Å². The molecule has 0 atom stereocenters. The van der Waals surface area contributed by atoms with Crippen molar-refractivity contribution in [3.05, 3.63) is 18.0 Å². The normalized spacial score (nSPS) is 16.1. The Kier molecular flexibility index (Phi) is 3.57. The van der Waals surface area contributed by atoms with Crippen LogP contribution < -0.4 is 4.90 Å². The average Bonchev–Trinajstić information content (AvgIpc) is 2.16. The molecule has 4 heteroatoms. The van der Waals surface area contributed by atoms with Crippen LogP contribution in [0.2, 0.25) is 0 Å². The van der Waals surface area contributed by atoms with Gasteiger partial charge in [0, 0.05) is 30.3 Å². The highest BCUT2D eigenvalue weighted by molar-refractivity contribution is 9.09. The number of hydrogen-bond donors (Lipinski definition) is 0. The van der Waals surface area contributed by atoms with Crippen molar-refractivity contribution in [3.8, 4) is 0 Å². The Balaban J connectivity index is 2.12. The third kappa shape index (κ3) is 2.48. The van der Waals surface area contributed by atoms with Crippen molar-refractivity contribution in [2.75, 3.05) is 16.8 Å². The van der Waals surface area contributed by atoms with E-state index in [-0.39, 0.29) is 0 Å². The molecule has 2 rings (SSSR count). The highest BCUT2D eigenvalue weighted by atomic mass is 79.9. The molecule has 0 saturated heterocycles. The highest BCUT2D eigenvalue weighted by Gasteiger charge is 2.26. The lowest BCUT2D eigenvalue weighted by Gasteiger charge is -2.37. The van der Waals surface area contributed by atoms with Crippen molar-refractivity contribution in [2.24, 2.45) is 0 Å². The van der Waals surface area contributed by atoms with Gasteiger partial charge in [-0.05, 0) is 31.7 Å². The molecule has 0 amide bonds. The van der Waals surface area contributed by atoms with Gasteiger partial charge in [-0.1, -0.05) is 15.9 Å². The van der Waals surface area contributed by atoms with Gasteiger partial charge in [0.1, 0.15) is 0 Å². The van der Waals surface area contributed by atoms with Gasteiger partial charge in [-0.15, -0.1) is 0 Å². The molecule has 0 bridgehead atoms. The maximum atomic E-state index is 4.39. The van der Waals surface area contributed by atoms with Crippen LogP contribution in [-0.4, -0.2) is 27.9 Å². The van der Waals surface area contributed by atoms with E-state index < -0.39 is 0 Å². The molecule has 0 N–H and O–H groups in total. The van der Waals surface area contributed by atoms with Crippen LogP contribution in [0.25, 0.3) is 0 Å². The molecular weight excluding hydrogens is 254 g/mol. The molecule has 0 radical (unpaired) electrons. The number of anilines is 1. The minimum absolute atomic E-state index is 0.658. The summed E-state index contributed by atoms with van der Waals surface area (Å²) in [5.41, 5.74) is 1.12. The lowest BCUT2D eigenvalue weighted by atomic mass is 9.92. The monoisotopic (exact) mass is 269 g/mol. The molecule has 1 fully saturated rings. The van der Waals surface area contributed by atoms with E-state index in [4.69, 9.17) is 0 Å². The van der Waals surface area contributed by atoms with Crippen molar-refractivity contribution in [1.82, 2.24) is 9.97 Å². The summed E-state index contributed by atoms with van der Waals surface area (Å²) in [6.45, 7) is 3.01. The van der Waals surface area contributed by atoms with Crippen LogP contribution in [0.3, 0.4) is 0 Å². The molecule has 1 aromatic rings. The van der Waals surface area contributed by atoms with Crippen molar-refractivity contribution in [1.29, 1.82) is 0 Å². The second kappa shape index (κ2) is 4.92. The molecule has 0 aromatic carbocycles. The quantitative estimate of drug-likeness (QED) is 0.787. The zero-order chi connectivity index (χ0) is 10.7. The topological polar surface area (TPSA) is 29.0 Å². The largest absolute Gasteiger partial charge is 0.337 e. The number of halogens is 1. The fourth-order valence-corrected chi connectivity index (χ4v) is 2.15. The number of aromatic nitrogens is 2. The summed E-state index contributed by atoms with van der Waals surface area (Å²) in [4.78, 5) is 11.1. The SMILES string of the molecule is Cc1cnc(N(CCBr)C2CCC2)nc1. The van der Waals surface area contributed by atoms with Crippen LogP contribution in [0.4, 0.5) is 5.95 Å². The summed E-state index contributed by atoms with van der Waals surface area (Å²) in [5, 5.41) is 0.973. The first-order valence-electron chi connectivity index (χ1n) is 5.42. The molecule has 1 aliphatic carbocycles. The molecule has 15 heavy (non-hydrogen) atoms. The molecule has 82 valence electrons. The molecule has 1 saturated carbocycles. The van der Waals surface area contributed by atoms with Gasteiger partial charge < -0.3 is 4.90 Å². The summed E-state index contributed by atoms with van der Waals surface area (Å²) in [7, 11) is 0. The predicted molar refractivity (Wildman–Crippen MR) is 65.5 cm³/mol. The lowest BCUT2D eigenvalue weighted by Crippen LogP contribution is -2.42. The lowest BCUT2D eigenvalue weighted by molar-refractivity contribution is 0.386. The van der Waals surface area contributed by atoms with Crippen molar-refractivity contribution in [3.63, 3.8) is 0 Å². The van der Waals surface area contributed by atoms with Gasteiger partial charge in [-0.2, -0.15) is 0 Å². The van der Waals surface area contributed by atoms with Gasteiger partial charge in [0.15, 0.2) is 0 Å². The average molecular weight is 270 g/mol. The van der Waals surface area contributed by atoms with Crippen molar-refractivity contribution >= 4 is 21.9 Å². The summed E-state index contributed by atoms with van der Waals surface area (Å²) in [6, 6.07) is 0.658. The predicted octanol–water partition coefficient (Wildman–Crippen LogP) is 2.54. The van der Waals surface area contributed by atoms with Gasteiger partial charge in [-0.3, -0.25) is 0 Å². The molecule has 3 nitrogen and oxygen atoms in total. The second-order valence-corrected chi connectivity index (χ2v) is 4.82. The van der Waals surface area contributed by atoms with E-state index in [1.54, 1.807) is 0 Å². The maximum absolute atomic E-state index is 4.39. The van der Waals surface area contributed by atoms with Crippen LogP contribution in [0.15, 0.2) is 12.4 Å². The van der Waals surface area contributed by atoms with E-state index in [0.29, 0.717) is 6.04 Å². The maximum Gasteiger partial charge on any atom is 0.225 e. The van der Waals surface area contributed by atoms with Crippen LogP contribution in [-0.2, 0) is 0 Å². The number of aryl methyl sites for hydroxylation is 1. The number of alkyl halides is 1. The van der Waals surface area contributed by atoms with Gasteiger partial charge in [0.25, 0.3) is 0 Å².